The number of carbonyl (C=O) groups excluding carboxylic acids is 1. The topological polar surface area (TPSA) is 77.2 Å². The second kappa shape index (κ2) is 6.09. The van der Waals surface area contributed by atoms with Crippen molar-refractivity contribution in [2.75, 3.05) is 13.1 Å². The number of nitrogens with one attached hydrogen (secondary N) is 1. The van der Waals surface area contributed by atoms with E-state index >= 15 is 0 Å². The van der Waals surface area contributed by atoms with Crippen LogP contribution in [0.1, 0.15) is 17.8 Å². The first-order valence-electron chi connectivity index (χ1n) is 5.81. The van der Waals surface area contributed by atoms with Gasteiger partial charge in [-0.3, -0.25) is 4.79 Å². The normalized spacial score (nSPS) is 23.8. The molecule has 0 saturated carbocycles. The zero-order valence-corrected chi connectivity index (χ0v) is 10.4. The molecule has 0 aliphatic carbocycles. The van der Waals surface area contributed by atoms with Gasteiger partial charge < -0.3 is 15.8 Å². The van der Waals surface area contributed by atoms with Crippen molar-refractivity contribution in [1.82, 2.24) is 10.3 Å². The fourth-order valence-corrected chi connectivity index (χ4v) is 2.48. The lowest BCUT2D eigenvalue weighted by atomic mass is 10.2. The van der Waals surface area contributed by atoms with Gasteiger partial charge >= 0.3 is 0 Å². The van der Waals surface area contributed by atoms with E-state index in [0.717, 1.165) is 24.3 Å². The second-order valence-corrected chi connectivity index (χ2v) is 5.01. The van der Waals surface area contributed by atoms with Gasteiger partial charge in [-0.25, -0.2) is 4.98 Å². The molecule has 94 valence electrons. The third-order valence-corrected chi connectivity index (χ3v) is 3.62. The van der Waals surface area contributed by atoms with Crippen molar-refractivity contribution in [2.24, 2.45) is 5.73 Å². The average molecular weight is 255 g/mol. The number of nitrogens with zero attached hydrogens (tertiary/aromatic N) is 1. The van der Waals surface area contributed by atoms with Crippen LogP contribution >= 0.6 is 11.3 Å². The quantitative estimate of drug-likeness (QED) is 0.793. The van der Waals surface area contributed by atoms with Gasteiger partial charge in [0.2, 0.25) is 5.91 Å². The largest absolute Gasteiger partial charge is 0.364 e. The van der Waals surface area contributed by atoms with Gasteiger partial charge in [0.1, 0.15) is 6.10 Å². The number of nitrogens with two attached hydrogens (primary N) is 1. The minimum atomic E-state index is -0.320. The van der Waals surface area contributed by atoms with Crippen LogP contribution in [0.5, 0.6) is 0 Å². The molecule has 2 rings (SSSR count). The summed E-state index contributed by atoms with van der Waals surface area (Å²) in [4.78, 5) is 15.9. The highest BCUT2D eigenvalue weighted by atomic mass is 32.1. The number of thiazole rings is 1. The fourth-order valence-electron chi connectivity index (χ4n) is 1.85. The van der Waals surface area contributed by atoms with Crippen LogP contribution in [0.4, 0.5) is 0 Å². The minimum Gasteiger partial charge on any atom is -0.364 e. The van der Waals surface area contributed by atoms with Crippen LogP contribution in [0.3, 0.4) is 0 Å². The monoisotopic (exact) mass is 255 g/mol. The van der Waals surface area contributed by atoms with Crippen molar-refractivity contribution in [3.8, 4) is 0 Å². The molecule has 3 N–H and O–H groups in total. The number of amides is 1. The number of carbonyl (C=O) groups is 1. The molecule has 0 bridgehead atoms. The molecule has 1 amide bonds. The van der Waals surface area contributed by atoms with E-state index in [2.05, 4.69) is 10.3 Å². The van der Waals surface area contributed by atoms with Crippen LogP contribution in [0.25, 0.3) is 0 Å². The number of hydrogen-bond donors (Lipinski definition) is 2. The first kappa shape index (κ1) is 12.5. The molecule has 0 aromatic carbocycles. The van der Waals surface area contributed by atoms with Gasteiger partial charge in [-0.05, 0) is 12.8 Å². The molecule has 6 heteroatoms. The lowest BCUT2D eigenvalue weighted by Gasteiger charge is -2.12. The number of hydrogen-bond acceptors (Lipinski definition) is 5. The van der Waals surface area contributed by atoms with E-state index in [4.69, 9.17) is 10.5 Å². The maximum absolute atomic E-state index is 11.7. The van der Waals surface area contributed by atoms with Crippen LogP contribution < -0.4 is 11.1 Å². The van der Waals surface area contributed by atoms with E-state index in [1.165, 1.54) is 0 Å². The van der Waals surface area contributed by atoms with Crippen LogP contribution in [0.2, 0.25) is 0 Å². The van der Waals surface area contributed by atoms with Crippen molar-refractivity contribution < 1.29 is 9.53 Å². The van der Waals surface area contributed by atoms with Gasteiger partial charge in [-0.15, -0.1) is 11.3 Å². The smallest absolute Gasteiger partial charge is 0.249 e. The van der Waals surface area contributed by atoms with Gasteiger partial charge in [0, 0.05) is 31.1 Å². The highest BCUT2D eigenvalue weighted by Gasteiger charge is 2.29. The predicted octanol–water partition coefficient (Wildman–Crippen LogP) is 0.308. The van der Waals surface area contributed by atoms with E-state index in [-0.39, 0.29) is 18.1 Å². The lowest BCUT2D eigenvalue weighted by Crippen LogP contribution is -2.36. The summed E-state index contributed by atoms with van der Waals surface area (Å²) in [6.07, 6.45) is 3.92. The van der Waals surface area contributed by atoms with Crippen molar-refractivity contribution in [3.63, 3.8) is 0 Å². The lowest BCUT2D eigenvalue weighted by molar-refractivity contribution is -0.131. The summed E-state index contributed by atoms with van der Waals surface area (Å²) in [6, 6.07) is 0. The number of aromatic nitrogens is 1. The Labute approximate surface area is 104 Å². The Morgan fingerprint density at radius 1 is 1.65 bits per heavy atom. The van der Waals surface area contributed by atoms with Crippen LogP contribution in [-0.4, -0.2) is 36.2 Å². The van der Waals surface area contributed by atoms with Crippen molar-refractivity contribution in [2.45, 2.75) is 31.5 Å². The molecule has 5 nitrogen and oxygen atoms in total. The standard InChI is InChI=1S/C11H17N3O2S/c12-7-8-1-2-9(16-8)11(15)14-4-3-10-13-5-6-17-10/h5-6,8-9H,1-4,7,12H2,(H,14,15). The van der Waals surface area contributed by atoms with Gasteiger partial charge in [0.25, 0.3) is 0 Å². The Balaban J connectivity index is 1.67. The first-order chi connectivity index (χ1) is 8.29. The molecular weight excluding hydrogens is 238 g/mol. The second-order valence-electron chi connectivity index (χ2n) is 4.03. The highest BCUT2D eigenvalue weighted by molar-refractivity contribution is 7.09. The van der Waals surface area contributed by atoms with Gasteiger partial charge in [-0.1, -0.05) is 0 Å². The zero-order valence-electron chi connectivity index (χ0n) is 9.59. The third kappa shape index (κ3) is 3.49. The third-order valence-electron chi connectivity index (χ3n) is 2.78. The Morgan fingerprint density at radius 2 is 2.53 bits per heavy atom. The summed E-state index contributed by atoms with van der Waals surface area (Å²) in [7, 11) is 0. The highest BCUT2D eigenvalue weighted by Crippen LogP contribution is 2.18. The number of rotatable bonds is 5. The molecule has 1 saturated heterocycles. The summed E-state index contributed by atoms with van der Waals surface area (Å²) in [5, 5.41) is 5.84. The number of ether oxygens (including phenoxy) is 1. The Morgan fingerprint density at radius 3 is 3.18 bits per heavy atom. The van der Waals surface area contributed by atoms with Gasteiger partial charge in [-0.2, -0.15) is 0 Å². The molecule has 2 heterocycles. The molecule has 1 fully saturated rings. The molecular formula is C11H17N3O2S. The summed E-state index contributed by atoms with van der Waals surface area (Å²) in [5.41, 5.74) is 5.50. The van der Waals surface area contributed by atoms with Crippen LogP contribution in [-0.2, 0) is 16.0 Å². The summed E-state index contributed by atoms with van der Waals surface area (Å²) in [6.45, 7) is 1.10. The Hall–Kier alpha value is -0.980. The summed E-state index contributed by atoms with van der Waals surface area (Å²) in [5.74, 6) is -0.0301. The molecule has 17 heavy (non-hydrogen) atoms. The summed E-state index contributed by atoms with van der Waals surface area (Å²) < 4.78 is 5.51. The SMILES string of the molecule is NCC1CCC(C(=O)NCCc2nccs2)O1. The first-order valence-corrected chi connectivity index (χ1v) is 6.69. The van der Waals surface area contributed by atoms with Crippen molar-refractivity contribution >= 4 is 17.2 Å². The maximum Gasteiger partial charge on any atom is 0.249 e. The maximum atomic E-state index is 11.7. The van der Waals surface area contributed by atoms with Crippen LogP contribution in [0.15, 0.2) is 11.6 Å². The molecule has 1 aromatic heterocycles. The van der Waals surface area contributed by atoms with Gasteiger partial charge in [0.15, 0.2) is 0 Å². The Kier molecular flexibility index (Phi) is 4.47. The molecule has 2 unspecified atom stereocenters. The van der Waals surface area contributed by atoms with Crippen molar-refractivity contribution in [3.05, 3.63) is 16.6 Å². The molecule has 2 atom stereocenters. The van der Waals surface area contributed by atoms with Crippen molar-refractivity contribution in [1.29, 1.82) is 0 Å². The minimum absolute atomic E-state index is 0.0301. The fraction of sp³-hybridized carbons (Fsp3) is 0.636. The van der Waals surface area contributed by atoms with E-state index < -0.39 is 0 Å². The van der Waals surface area contributed by atoms with E-state index in [0.29, 0.717) is 13.1 Å². The summed E-state index contributed by atoms with van der Waals surface area (Å²) >= 11 is 1.60. The van der Waals surface area contributed by atoms with Crippen LogP contribution in [0, 0.1) is 0 Å². The molecule has 0 spiro atoms. The van der Waals surface area contributed by atoms with E-state index in [1.54, 1.807) is 17.5 Å². The zero-order chi connectivity index (χ0) is 12.1. The Bertz CT molecular complexity index is 356. The van der Waals surface area contributed by atoms with E-state index in [1.807, 2.05) is 5.38 Å². The predicted molar refractivity (Wildman–Crippen MR) is 65.8 cm³/mol. The molecule has 1 aliphatic heterocycles. The average Bonchev–Trinajstić information content (AvgIpc) is 2.99. The van der Waals surface area contributed by atoms with E-state index in [9.17, 15) is 4.79 Å². The van der Waals surface area contributed by atoms with Gasteiger partial charge in [0.05, 0.1) is 11.1 Å². The molecule has 1 aromatic rings. The molecule has 1 aliphatic rings. The molecule has 0 radical (unpaired) electrons.